The molecule has 0 spiro atoms. The van der Waals surface area contributed by atoms with E-state index in [-0.39, 0.29) is 23.1 Å². The van der Waals surface area contributed by atoms with Crippen molar-refractivity contribution in [1.82, 2.24) is 19.4 Å². The molecule has 3 heterocycles. The Hall–Kier alpha value is -4.46. The van der Waals surface area contributed by atoms with E-state index in [2.05, 4.69) is 52.9 Å². The molecule has 0 unspecified atom stereocenters. The molecule has 1 fully saturated rings. The molecule has 2 aromatic heterocycles. The zero-order chi connectivity index (χ0) is 26.2. The number of rotatable bonds is 6. The van der Waals surface area contributed by atoms with Gasteiger partial charge in [0, 0.05) is 31.0 Å². The van der Waals surface area contributed by atoms with Gasteiger partial charge >= 0.3 is 0 Å². The van der Waals surface area contributed by atoms with E-state index in [1.807, 2.05) is 47.2 Å². The Labute approximate surface area is 220 Å². The number of pyridine rings is 1. The van der Waals surface area contributed by atoms with Crippen molar-refractivity contribution < 1.29 is 0 Å². The van der Waals surface area contributed by atoms with Crippen LogP contribution in [0.25, 0.3) is 17.1 Å². The molecule has 1 saturated carbocycles. The summed E-state index contributed by atoms with van der Waals surface area (Å²) in [4.78, 5) is 22.9. The lowest BCUT2D eigenvalue weighted by molar-refractivity contribution is 0.465. The zero-order valence-electron chi connectivity index (χ0n) is 21.6. The summed E-state index contributed by atoms with van der Waals surface area (Å²) >= 11 is 0. The van der Waals surface area contributed by atoms with Crippen LogP contribution in [0.2, 0.25) is 0 Å². The first-order chi connectivity index (χ1) is 18.5. The van der Waals surface area contributed by atoms with E-state index in [1.54, 1.807) is 11.6 Å². The van der Waals surface area contributed by atoms with Crippen molar-refractivity contribution in [2.75, 3.05) is 5.32 Å². The van der Waals surface area contributed by atoms with Crippen molar-refractivity contribution in [2.45, 2.75) is 44.8 Å². The maximum atomic E-state index is 13.6. The second kappa shape index (κ2) is 9.78. The monoisotopic (exact) mass is 505 g/mol. The normalized spacial score (nSPS) is 18.4. The van der Waals surface area contributed by atoms with Crippen molar-refractivity contribution in [2.24, 2.45) is 12.0 Å². The van der Waals surface area contributed by atoms with E-state index < -0.39 is 0 Å². The van der Waals surface area contributed by atoms with Crippen LogP contribution >= 0.6 is 0 Å². The quantitative estimate of drug-likeness (QED) is 0.375. The van der Waals surface area contributed by atoms with E-state index in [0.29, 0.717) is 23.2 Å². The number of nitrogens with one attached hydrogen (secondary N) is 3. The van der Waals surface area contributed by atoms with Crippen LogP contribution in [0.1, 0.15) is 36.4 Å². The van der Waals surface area contributed by atoms with E-state index in [0.717, 1.165) is 41.8 Å². The van der Waals surface area contributed by atoms with Gasteiger partial charge in [-0.15, -0.1) is 0 Å². The molecule has 2 aliphatic rings. The van der Waals surface area contributed by atoms with E-state index in [1.165, 1.54) is 5.56 Å². The maximum Gasteiger partial charge on any atom is 0.267 e. The lowest BCUT2D eigenvalue weighted by atomic mass is 10.1. The average molecular weight is 506 g/mol. The minimum atomic E-state index is -0.239. The Balaban J connectivity index is 1.40. The van der Waals surface area contributed by atoms with Gasteiger partial charge in [-0.25, -0.2) is 4.99 Å². The van der Waals surface area contributed by atoms with Crippen molar-refractivity contribution >= 4 is 11.5 Å². The summed E-state index contributed by atoms with van der Waals surface area (Å²) in [5.74, 6) is 0.517. The Morgan fingerprint density at radius 2 is 1.87 bits per heavy atom. The summed E-state index contributed by atoms with van der Waals surface area (Å²) in [6.07, 6.45) is 4.89. The number of hydrogen-bond acceptors (Lipinski definition) is 6. The summed E-state index contributed by atoms with van der Waals surface area (Å²) in [5.41, 5.74) is 5.61. The van der Waals surface area contributed by atoms with Crippen LogP contribution in [0, 0.1) is 12.3 Å². The molecule has 0 saturated heterocycles. The molecule has 8 nitrogen and oxygen atoms in total. The third-order valence-corrected chi connectivity index (χ3v) is 7.50. The van der Waals surface area contributed by atoms with Gasteiger partial charge in [-0.2, -0.15) is 0 Å². The van der Waals surface area contributed by atoms with Crippen LogP contribution in [0.15, 0.2) is 82.7 Å². The third-order valence-electron chi connectivity index (χ3n) is 7.50. The van der Waals surface area contributed by atoms with Crippen molar-refractivity contribution in [3.63, 3.8) is 0 Å². The molecule has 192 valence electrons. The number of anilines is 1. The van der Waals surface area contributed by atoms with Gasteiger partial charge in [0.2, 0.25) is 5.62 Å². The molecule has 3 N–H and O–H groups in total. The first kappa shape index (κ1) is 23.9. The zero-order valence-corrected chi connectivity index (χ0v) is 21.6. The van der Waals surface area contributed by atoms with Gasteiger partial charge in [-0.1, -0.05) is 42.5 Å². The average Bonchev–Trinajstić information content (AvgIpc) is 3.53. The molecule has 0 amide bonds. The van der Waals surface area contributed by atoms with Gasteiger partial charge in [0.25, 0.3) is 5.56 Å². The van der Waals surface area contributed by atoms with Crippen LogP contribution in [-0.4, -0.2) is 20.2 Å². The molecular formula is C30H31N7O. The highest BCUT2D eigenvalue weighted by molar-refractivity contribution is 5.63. The van der Waals surface area contributed by atoms with E-state index in [4.69, 9.17) is 10.4 Å². The topological polar surface area (TPSA) is 100 Å². The molecule has 0 bridgehead atoms. The Morgan fingerprint density at radius 3 is 2.63 bits per heavy atom. The molecule has 2 aromatic carbocycles. The Morgan fingerprint density at radius 1 is 1.08 bits per heavy atom. The first-order valence-corrected chi connectivity index (χ1v) is 13.1. The van der Waals surface area contributed by atoms with Crippen molar-refractivity contribution in [1.29, 1.82) is 5.41 Å². The van der Waals surface area contributed by atoms with Crippen LogP contribution in [0.4, 0.5) is 5.69 Å². The number of para-hydroxylation sites is 1. The number of aryl methyl sites for hydroxylation is 1. The second-order valence-corrected chi connectivity index (χ2v) is 10.1. The highest BCUT2D eigenvalue weighted by Crippen LogP contribution is 2.32. The predicted octanol–water partition coefficient (Wildman–Crippen LogP) is 2.73. The highest BCUT2D eigenvalue weighted by atomic mass is 16.1. The van der Waals surface area contributed by atoms with E-state index in [9.17, 15) is 4.79 Å². The van der Waals surface area contributed by atoms with E-state index >= 15 is 0 Å². The lowest BCUT2D eigenvalue weighted by Gasteiger charge is -2.17. The van der Waals surface area contributed by atoms with Gasteiger partial charge in [0.15, 0.2) is 0 Å². The molecule has 0 radical (unpaired) electrons. The molecule has 6 rings (SSSR count). The molecule has 1 aliphatic heterocycles. The first-order valence-electron chi connectivity index (χ1n) is 13.1. The molecule has 4 aromatic rings. The number of nitrogens with zero attached hydrogens (tertiary/aromatic N) is 4. The van der Waals surface area contributed by atoms with Gasteiger partial charge in [0.05, 0.1) is 17.8 Å². The smallest absolute Gasteiger partial charge is 0.267 e. The number of fused-ring (bicyclic) bond motifs is 3. The largest absolute Gasteiger partial charge is 0.367 e. The van der Waals surface area contributed by atoms with Crippen LogP contribution in [-0.2, 0) is 13.6 Å². The third kappa shape index (κ3) is 4.32. The minimum Gasteiger partial charge on any atom is -0.367 e. The van der Waals surface area contributed by atoms with Crippen LogP contribution in [0.5, 0.6) is 0 Å². The molecule has 38 heavy (non-hydrogen) atoms. The summed E-state index contributed by atoms with van der Waals surface area (Å²) < 4.78 is 3.54. The van der Waals surface area contributed by atoms with Crippen LogP contribution in [0.3, 0.4) is 0 Å². The summed E-state index contributed by atoms with van der Waals surface area (Å²) in [6.45, 7) is 2.54. The summed E-state index contributed by atoms with van der Waals surface area (Å²) in [6, 6.07) is 22.3. The number of aromatic nitrogens is 3. The van der Waals surface area contributed by atoms with Gasteiger partial charge in [-0.05, 0) is 61.6 Å². The predicted molar refractivity (Wildman–Crippen MR) is 148 cm³/mol. The fourth-order valence-electron chi connectivity index (χ4n) is 5.49. The van der Waals surface area contributed by atoms with Gasteiger partial charge in [0.1, 0.15) is 16.5 Å². The highest BCUT2D eigenvalue weighted by Gasteiger charge is 2.34. The SMILES string of the molecule is Cc1ccnc(-c2ccc(CN/C(Nc3ccccc3)=c3/c(=O)n(C)c4n(c3=N)[C@H]3CCC[C@H]3N=4)cc2)c1. The van der Waals surface area contributed by atoms with Gasteiger partial charge in [-0.3, -0.25) is 24.3 Å². The summed E-state index contributed by atoms with van der Waals surface area (Å²) in [7, 11) is 1.75. The minimum absolute atomic E-state index is 0.142. The van der Waals surface area contributed by atoms with Crippen molar-refractivity contribution in [3.05, 3.63) is 111 Å². The standard InChI is InChI=1S/C30H31N7O/c1-19-15-16-32-24(17-19)21-13-11-20(12-14-21)18-33-28(34-22-7-4-3-5-8-22)26-27(31)37-25-10-6-9-23(25)35-30(37)36(2)29(26)38/h3-5,7-8,11-17,23,25,31,33-34H,6,9-10,18H2,1-2H3/b28-26-,31-27?/t23-,25+/m1/s1. The van der Waals surface area contributed by atoms with Crippen molar-refractivity contribution in [3.8, 4) is 11.3 Å². The molecule has 2 atom stereocenters. The Kier molecular flexibility index (Phi) is 6.15. The lowest BCUT2D eigenvalue weighted by Crippen LogP contribution is -2.59. The number of benzene rings is 2. The maximum absolute atomic E-state index is 13.6. The Bertz CT molecular complexity index is 1740. The fourth-order valence-corrected chi connectivity index (χ4v) is 5.49. The molecule has 1 aliphatic carbocycles. The molecule has 8 heteroatoms. The molecular weight excluding hydrogens is 474 g/mol. The fraction of sp³-hybridized carbons (Fsp3) is 0.267. The summed E-state index contributed by atoms with van der Waals surface area (Å²) in [5, 5.41) is 16.3. The van der Waals surface area contributed by atoms with Gasteiger partial charge < -0.3 is 10.6 Å². The number of hydrogen-bond donors (Lipinski definition) is 3. The second-order valence-electron chi connectivity index (χ2n) is 10.1. The van der Waals surface area contributed by atoms with Crippen LogP contribution < -0.4 is 32.5 Å².